The van der Waals surface area contributed by atoms with Crippen LogP contribution in [0.15, 0.2) is 23.1 Å². The summed E-state index contributed by atoms with van der Waals surface area (Å²) < 4.78 is 15.3. The van der Waals surface area contributed by atoms with Gasteiger partial charge in [0.2, 0.25) is 0 Å². The Morgan fingerprint density at radius 1 is 1.38 bits per heavy atom. The van der Waals surface area contributed by atoms with Crippen LogP contribution in [0.3, 0.4) is 0 Å². The zero-order valence-corrected chi connectivity index (χ0v) is 13.9. The van der Waals surface area contributed by atoms with E-state index in [9.17, 15) is 19.1 Å². The van der Waals surface area contributed by atoms with Crippen LogP contribution in [-0.2, 0) is 17.9 Å². The van der Waals surface area contributed by atoms with Gasteiger partial charge in [0.05, 0.1) is 13.1 Å². The third kappa shape index (κ3) is 2.75. The molecule has 0 aliphatic carbocycles. The maximum atomic E-state index is 13.6. The smallest absolute Gasteiger partial charge is 0.328 e. The van der Waals surface area contributed by atoms with E-state index in [1.807, 2.05) is 0 Å². The summed E-state index contributed by atoms with van der Waals surface area (Å²) in [5.74, 6) is -0.845. The average molecular weight is 350 g/mol. The topological polar surface area (TPSA) is 88.3 Å². The minimum atomic E-state index is -1.10. The third-order valence-corrected chi connectivity index (χ3v) is 4.75. The number of rotatable bonds is 3. The number of aliphatic carboxylic acids is 1. The van der Waals surface area contributed by atoms with Gasteiger partial charge in [-0.1, -0.05) is 0 Å². The fraction of sp³-hybridized carbons (Fsp3) is 0.333. The molecule has 24 heavy (non-hydrogen) atoms. The quantitative estimate of drug-likeness (QED) is 0.845. The molecule has 1 aromatic heterocycles. The monoisotopic (exact) mass is 350 g/mol. The molecule has 2 aromatic rings. The first-order valence-corrected chi connectivity index (χ1v) is 8.41. The molecule has 126 valence electrons. The Morgan fingerprint density at radius 3 is 2.79 bits per heavy atom. The van der Waals surface area contributed by atoms with Gasteiger partial charge < -0.3 is 14.6 Å². The number of nitrogens with zero attached hydrogens (tertiary/aromatic N) is 4. The number of thioether (sulfide) groups is 1. The second-order valence-corrected chi connectivity index (χ2v) is 6.26. The van der Waals surface area contributed by atoms with Crippen molar-refractivity contribution in [2.45, 2.75) is 31.0 Å². The molecule has 1 N–H and O–H groups in total. The van der Waals surface area contributed by atoms with Crippen LogP contribution >= 0.6 is 11.8 Å². The number of carboxylic acid groups (broad SMARTS) is 1. The first-order valence-electron chi connectivity index (χ1n) is 7.18. The van der Waals surface area contributed by atoms with Gasteiger partial charge in [-0.2, -0.15) is 0 Å². The highest BCUT2D eigenvalue weighted by Crippen LogP contribution is 2.24. The van der Waals surface area contributed by atoms with Gasteiger partial charge in [-0.25, -0.2) is 9.18 Å². The normalized spacial score (nSPS) is 16.8. The van der Waals surface area contributed by atoms with Crippen LogP contribution in [-0.4, -0.2) is 48.9 Å². The first kappa shape index (κ1) is 16.4. The first-order chi connectivity index (χ1) is 11.4. The van der Waals surface area contributed by atoms with Crippen molar-refractivity contribution in [3.8, 4) is 0 Å². The fourth-order valence-corrected chi connectivity index (χ4v) is 3.20. The second-order valence-electron chi connectivity index (χ2n) is 5.41. The molecule has 1 aliphatic heterocycles. The van der Waals surface area contributed by atoms with Gasteiger partial charge in [-0.3, -0.25) is 4.79 Å². The highest BCUT2D eigenvalue weighted by molar-refractivity contribution is 7.98. The molecule has 0 saturated carbocycles. The van der Waals surface area contributed by atoms with Crippen LogP contribution in [0.25, 0.3) is 0 Å². The van der Waals surface area contributed by atoms with Crippen LogP contribution < -0.4 is 0 Å². The van der Waals surface area contributed by atoms with Crippen LogP contribution in [0.4, 0.5) is 4.39 Å². The molecule has 1 amide bonds. The molecule has 7 nitrogen and oxygen atoms in total. The van der Waals surface area contributed by atoms with E-state index >= 15 is 0 Å². The largest absolute Gasteiger partial charge is 0.480 e. The molecule has 0 bridgehead atoms. The number of aromatic nitrogens is 3. The molecule has 2 heterocycles. The number of carboxylic acids is 1. The van der Waals surface area contributed by atoms with Crippen molar-refractivity contribution in [3.63, 3.8) is 0 Å². The number of hydrogen-bond acceptors (Lipinski definition) is 5. The fourth-order valence-electron chi connectivity index (χ4n) is 2.70. The minimum Gasteiger partial charge on any atom is -0.480 e. The van der Waals surface area contributed by atoms with Crippen molar-refractivity contribution < 1.29 is 19.1 Å². The Morgan fingerprint density at radius 2 is 2.12 bits per heavy atom. The average Bonchev–Trinajstić information content (AvgIpc) is 2.94. The number of aryl methyl sites for hydroxylation is 1. The SMILES string of the molecule is CSc1cc(C(=O)N2Cc3nnc(C)n3CC2C(=O)O)ccc1F. The lowest BCUT2D eigenvalue weighted by atomic mass is 10.1. The van der Waals surface area contributed by atoms with Crippen molar-refractivity contribution in [2.24, 2.45) is 0 Å². The summed E-state index contributed by atoms with van der Waals surface area (Å²) in [7, 11) is 0. The maximum Gasteiger partial charge on any atom is 0.328 e. The van der Waals surface area contributed by atoms with Crippen LogP contribution in [0, 0.1) is 12.7 Å². The van der Waals surface area contributed by atoms with Crippen molar-refractivity contribution in [1.29, 1.82) is 0 Å². The lowest BCUT2D eigenvalue weighted by Crippen LogP contribution is -2.50. The van der Waals surface area contributed by atoms with Gasteiger partial charge in [0.1, 0.15) is 17.7 Å². The number of hydrogen-bond donors (Lipinski definition) is 1. The third-order valence-electron chi connectivity index (χ3n) is 4.00. The molecule has 0 radical (unpaired) electrons. The molecule has 1 aliphatic rings. The molecule has 0 saturated heterocycles. The van der Waals surface area contributed by atoms with Gasteiger partial charge in [0.25, 0.3) is 5.91 Å². The molecule has 3 rings (SSSR count). The second kappa shape index (κ2) is 6.23. The van der Waals surface area contributed by atoms with E-state index in [1.165, 1.54) is 34.9 Å². The Balaban J connectivity index is 1.97. The van der Waals surface area contributed by atoms with E-state index in [-0.39, 0.29) is 18.7 Å². The van der Waals surface area contributed by atoms with Crippen molar-refractivity contribution in [1.82, 2.24) is 19.7 Å². The Kier molecular flexibility index (Phi) is 4.27. The highest BCUT2D eigenvalue weighted by atomic mass is 32.2. The number of carbonyl (C=O) groups is 2. The highest BCUT2D eigenvalue weighted by Gasteiger charge is 2.36. The summed E-state index contributed by atoms with van der Waals surface area (Å²) in [4.78, 5) is 26.0. The number of fused-ring (bicyclic) bond motifs is 1. The molecule has 0 fully saturated rings. The minimum absolute atomic E-state index is 0.0443. The van der Waals surface area contributed by atoms with Gasteiger partial charge in [0.15, 0.2) is 5.82 Å². The standard InChI is InChI=1S/C15H15FN4O3S/c1-8-17-18-13-7-20(11(15(22)23)6-19(8)13)14(21)9-3-4-10(16)12(5-9)24-2/h3-5,11H,6-7H2,1-2H3,(H,22,23). The van der Waals surface area contributed by atoms with Crippen LogP contribution in [0.1, 0.15) is 22.0 Å². The van der Waals surface area contributed by atoms with Crippen molar-refractivity contribution >= 4 is 23.6 Å². The van der Waals surface area contributed by atoms with Crippen LogP contribution in [0.2, 0.25) is 0 Å². The van der Waals surface area contributed by atoms with Crippen LogP contribution in [0.5, 0.6) is 0 Å². The molecule has 9 heteroatoms. The summed E-state index contributed by atoms with van der Waals surface area (Å²) >= 11 is 1.18. The maximum absolute atomic E-state index is 13.6. The van der Waals surface area contributed by atoms with E-state index in [4.69, 9.17) is 0 Å². The van der Waals surface area contributed by atoms with E-state index in [0.717, 1.165) is 0 Å². The summed E-state index contributed by atoms with van der Waals surface area (Å²) in [5, 5.41) is 17.4. The number of carbonyl (C=O) groups excluding carboxylic acids is 1. The Bertz CT molecular complexity index is 823. The summed E-state index contributed by atoms with van der Waals surface area (Å²) in [6.07, 6.45) is 1.71. The van der Waals surface area contributed by atoms with E-state index in [2.05, 4.69) is 10.2 Å². The van der Waals surface area contributed by atoms with E-state index in [1.54, 1.807) is 17.7 Å². The van der Waals surface area contributed by atoms with Gasteiger partial charge in [0, 0.05) is 10.5 Å². The lowest BCUT2D eigenvalue weighted by molar-refractivity contribution is -0.143. The van der Waals surface area contributed by atoms with E-state index < -0.39 is 23.7 Å². The summed E-state index contributed by atoms with van der Waals surface area (Å²) in [5.41, 5.74) is 0.247. The molecule has 0 spiro atoms. The lowest BCUT2D eigenvalue weighted by Gasteiger charge is -2.33. The van der Waals surface area contributed by atoms with Crippen molar-refractivity contribution in [3.05, 3.63) is 41.2 Å². The van der Waals surface area contributed by atoms with Gasteiger partial charge in [-0.05, 0) is 31.4 Å². The molecular formula is C15H15FN4O3S. The number of benzene rings is 1. The Hall–Kier alpha value is -2.42. The predicted molar refractivity (Wildman–Crippen MR) is 84.2 cm³/mol. The molecule has 1 atom stereocenters. The van der Waals surface area contributed by atoms with Crippen molar-refractivity contribution in [2.75, 3.05) is 6.26 Å². The zero-order chi connectivity index (χ0) is 17.4. The van der Waals surface area contributed by atoms with Gasteiger partial charge >= 0.3 is 5.97 Å². The molecular weight excluding hydrogens is 335 g/mol. The number of halogens is 1. The molecule has 1 unspecified atom stereocenters. The summed E-state index contributed by atoms with van der Waals surface area (Å²) in [6.45, 7) is 1.87. The number of amides is 1. The predicted octanol–water partition coefficient (Wildman–Crippen LogP) is 1.56. The van der Waals surface area contributed by atoms with E-state index in [0.29, 0.717) is 16.5 Å². The molecule has 1 aromatic carbocycles. The zero-order valence-electron chi connectivity index (χ0n) is 13.1. The van der Waals surface area contributed by atoms with Gasteiger partial charge in [-0.15, -0.1) is 22.0 Å². The Labute approximate surface area is 141 Å². The summed E-state index contributed by atoms with van der Waals surface area (Å²) in [6, 6.07) is 2.99.